The third kappa shape index (κ3) is 2.60. The zero-order chi connectivity index (χ0) is 13.3. The first-order valence-electron chi connectivity index (χ1n) is 5.17. The molecule has 0 saturated carbocycles. The third-order valence-electron chi connectivity index (χ3n) is 2.47. The summed E-state index contributed by atoms with van der Waals surface area (Å²) in [6.07, 6.45) is 0. The monoisotopic (exact) mass is 344 g/mol. The molecule has 0 saturated heterocycles. The number of aryl methyl sites for hydroxylation is 1. The maximum atomic E-state index is 12.4. The highest BCUT2D eigenvalue weighted by Gasteiger charge is 2.18. The molecule has 2 rings (SSSR count). The van der Waals surface area contributed by atoms with Crippen molar-refractivity contribution in [1.29, 1.82) is 0 Å². The smallest absolute Gasteiger partial charge is 0.206 e. The van der Waals surface area contributed by atoms with Gasteiger partial charge in [-0.15, -0.1) is 11.3 Å². The Labute approximate surface area is 123 Å². The molecule has 1 aromatic carbocycles. The van der Waals surface area contributed by atoms with Gasteiger partial charge in [-0.2, -0.15) is 0 Å². The number of thiophene rings is 1. The lowest BCUT2D eigenvalue weighted by Crippen LogP contribution is -2.02. The predicted molar refractivity (Wildman–Crippen MR) is 78.2 cm³/mol. The van der Waals surface area contributed by atoms with E-state index in [1.54, 1.807) is 19.2 Å². The van der Waals surface area contributed by atoms with Crippen LogP contribution in [0.1, 0.15) is 20.8 Å². The molecule has 0 radical (unpaired) electrons. The Balaban J connectivity index is 2.48. The maximum Gasteiger partial charge on any atom is 0.206 e. The lowest BCUT2D eigenvalue weighted by Gasteiger charge is -2.07. The summed E-state index contributed by atoms with van der Waals surface area (Å²) in [4.78, 5) is 13.0. The van der Waals surface area contributed by atoms with E-state index in [-0.39, 0.29) is 5.78 Å². The second-order valence-corrected chi connectivity index (χ2v) is 6.54. The van der Waals surface area contributed by atoms with Crippen LogP contribution in [0, 0.1) is 6.92 Å². The van der Waals surface area contributed by atoms with Crippen LogP contribution >= 0.6 is 38.9 Å². The van der Waals surface area contributed by atoms with Crippen LogP contribution in [0.25, 0.3) is 0 Å². The molecule has 0 unspecified atom stereocenters. The predicted octanol–water partition coefficient (Wildman–Crippen LogP) is 4.71. The fraction of sp³-hybridized carbons (Fsp3) is 0.154. The largest absolute Gasteiger partial charge is 0.496 e. The molecule has 2 aromatic rings. The highest BCUT2D eigenvalue weighted by Crippen LogP contribution is 2.34. The Bertz CT molecular complexity index is 588. The Morgan fingerprint density at radius 1 is 1.39 bits per heavy atom. The third-order valence-corrected chi connectivity index (χ3v) is 4.94. The average molecular weight is 346 g/mol. The number of methoxy groups -OCH3 is 1. The van der Waals surface area contributed by atoms with E-state index in [1.807, 2.05) is 19.1 Å². The highest BCUT2D eigenvalue weighted by atomic mass is 79.9. The van der Waals surface area contributed by atoms with Crippen LogP contribution in [0.4, 0.5) is 0 Å². The van der Waals surface area contributed by atoms with E-state index in [2.05, 4.69) is 15.9 Å². The number of hydrogen-bond acceptors (Lipinski definition) is 3. The minimum atomic E-state index is -0.0758. The normalized spacial score (nSPS) is 10.4. The van der Waals surface area contributed by atoms with Crippen LogP contribution in [-0.4, -0.2) is 12.9 Å². The lowest BCUT2D eigenvalue weighted by molar-refractivity contribution is 0.103. The fourth-order valence-corrected chi connectivity index (χ4v) is 3.25. The number of benzene rings is 1. The van der Waals surface area contributed by atoms with Crippen LogP contribution in [0.2, 0.25) is 5.02 Å². The van der Waals surface area contributed by atoms with Crippen molar-refractivity contribution >= 4 is 44.7 Å². The van der Waals surface area contributed by atoms with Gasteiger partial charge in [-0.25, -0.2) is 0 Å². The molecule has 18 heavy (non-hydrogen) atoms. The van der Waals surface area contributed by atoms with E-state index < -0.39 is 0 Å². The van der Waals surface area contributed by atoms with Crippen molar-refractivity contribution in [1.82, 2.24) is 0 Å². The second-order valence-electron chi connectivity index (χ2n) is 3.77. The molecule has 0 amide bonds. The molecule has 5 heteroatoms. The summed E-state index contributed by atoms with van der Waals surface area (Å²) in [5.41, 5.74) is 1.57. The van der Waals surface area contributed by atoms with Crippen molar-refractivity contribution in [3.05, 3.63) is 49.1 Å². The standard InChI is InChI=1S/C13H10BrClO2S/c1-7-3-4-10(17-2)8(5-7)12(16)11-6-9(15)13(14)18-11/h3-6H,1-2H3. The number of halogens is 2. The molecule has 2 nitrogen and oxygen atoms in total. The van der Waals surface area contributed by atoms with Gasteiger partial charge >= 0.3 is 0 Å². The van der Waals surface area contributed by atoms with Gasteiger partial charge in [0, 0.05) is 0 Å². The summed E-state index contributed by atoms with van der Waals surface area (Å²) in [7, 11) is 1.55. The summed E-state index contributed by atoms with van der Waals surface area (Å²) in [6, 6.07) is 7.20. The molecule has 0 N–H and O–H groups in total. The van der Waals surface area contributed by atoms with Crippen molar-refractivity contribution in [2.24, 2.45) is 0 Å². The summed E-state index contributed by atoms with van der Waals surface area (Å²) >= 11 is 10.6. The van der Waals surface area contributed by atoms with Crippen molar-refractivity contribution in [2.75, 3.05) is 7.11 Å². The van der Waals surface area contributed by atoms with E-state index in [1.165, 1.54) is 11.3 Å². The van der Waals surface area contributed by atoms with Gasteiger partial charge in [0.05, 0.1) is 26.4 Å². The van der Waals surface area contributed by atoms with E-state index in [0.29, 0.717) is 21.2 Å². The van der Waals surface area contributed by atoms with E-state index in [0.717, 1.165) is 9.35 Å². The molecular weight excluding hydrogens is 336 g/mol. The van der Waals surface area contributed by atoms with Crippen molar-refractivity contribution in [3.63, 3.8) is 0 Å². The molecule has 1 heterocycles. The maximum absolute atomic E-state index is 12.4. The second kappa shape index (κ2) is 5.43. The van der Waals surface area contributed by atoms with Gasteiger partial charge in [-0.3, -0.25) is 4.79 Å². The van der Waals surface area contributed by atoms with Gasteiger partial charge in [0.15, 0.2) is 0 Å². The summed E-state index contributed by atoms with van der Waals surface area (Å²) in [6.45, 7) is 1.94. The highest BCUT2D eigenvalue weighted by molar-refractivity contribution is 9.11. The Morgan fingerprint density at radius 3 is 2.67 bits per heavy atom. The Hall–Kier alpha value is -0.840. The number of ether oxygens (including phenoxy) is 1. The van der Waals surface area contributed by atoms with E-state index >= 15 is 0 Å². The number of hydrogen-bond donors (Lipinski definition) is 0. The minimum absolute atomic E-state index is 0.0758. The molecule has 1 aromatic heterocycles. The molecule has 94 valence electrons. The molecule has 0 aliphatic heterocycles. The molecular formula is C13H10BrClO2S. The average Bonchev–Trinajstić information content (AvgIpc) is 2.68. The Morgan fingerprint density at radius 2 is 2.11 bits per heavy atom. The van der Waals surface area contributed by atoms with E-state index in [9.17, 15) is 4.79 Å². The first-order chi connectivity index (χ1) is 8.52. The molecule has 0 aliphatic rings. The quantitative estimate of drug-likeness (QED) is 0.753. The van der Waals surface area contributed by atoms with Crippen molar-refractivity contribution in [2.45, 2.75) is 6.92 Å². The first-order valence-corrected chi connectivity index (χ1v) is 7.16. The van der Waals surface area contributed by atoms with Crippen LogP contribution in [0.15, 0.2) is 28.1 Å². The summed E-state index contributed by atoms with van der Waals surface area (Å²) in [5.74, 6) is 0.499. The van der Waals surface area contributed by atoms with Crippen molar-refractivity contribution < 1.29 is 9.53 Å². The van der Waals surface area contributed by atoms with Crippen LogP contribution in [-0.2, 0) is 0 Å². The van der Waals surface area contributed by atoms with Gasteiger partial charge in [-0.05, 0) is 41.1 Å². The van der Waals surface area contributed by atoms with Gasteiger partial charge in [0.2, 0.25) is 5.78 Å². The number of carbonyl (C=O) groups is 1. The number of ketones is 1. The molecule has 0 atom stereocenters. The van der Waals surface area contributed by atoms with Crippen molar-refractivity contribution in [3.8, 4) is 5.75 Å². The zero-order valence-corrected chi connectivity index (χ0v) is 12.9. The van der Waals surface area contributed by atoms with Gasteiger partial charge < -0.3 is 4.74 Å². The first kappa shape index (κ1) is 13.6. The van der Waals surface area contributed by atoms with Gasteiger partial charge in [0.1, 0.15) is 5.75 Å². The number of rotatable bonds is 3. The topological polar surface area (TPSA) is 26.3 Å². The fourth-order valence-electron chi connectivity index (χ4n) is 1.59. The SMILES string of the molecule is COc1ccc(C)cc1C(=O)c1cc(Cl)c(Br)s1. The molecule has 0 spiro atoms. The molecule has 0 bridgehead atoms. The number of carbonyl (C=O) groups excluding carboxylic acids is 1. The minimum Gasteiger partial charge on any atom is -0.496 e. The molecule has 0 aliphatic carbocycles. The Kier molecular flexibility index (Phi) is 4.10. The van der Waals surface area contributed by atoms with Crippen LogP contribution in [0.3, 0.4) is 0 Å². The van der Waals surface area contributed by atoms with Gasteiger partial charge in [-0.1, -0.05) is 23.2 Å². The van der Waals surface area contributed by atoms with Gasteiger partial charge in [0.25, 0.3) is 0 Å². The van der Waals surface area contributed by atoms with E-state index in [4.69, 9.17) is 16.3 Å². The van der Waals surface area contributed by atoms with Crippen LogP contribution < -0.4 is 4.74 Å². The summed E-state index contributed by atoms with van der Waals surface area (Å²) < 4.78 is 5.98. The summed E-state index contributed by atoms with van der Waals surface area (Å²) in [5, 5.41) is 0.551. The molecule has 0 fully saturated rings. The van der Waals surface area contributed by atoms with Crippen LogP contribution in [0.5, 0.6) is 5.75 Å². The lowest BCUT2D eigenvalue weighted by atomic mass is 10.1. The zero-order valence-electron chi connectivity index (χ0n) is 9.79.